The SMILES string of the molecule is CC.Cc1sc2cnnc(N)c2c1F. The van der Waals surface area contributed by atoms with Gasteiger partial charge in [0.15, 0.2) is 5.82 Å². The monoisotopic (exact) mass is 213 g/mol. The minimum Gasteiger partial charge on any atom is -0.382 e. The Kier molecular flexibility index (Phi) is 3.35. The molecule has 0 bridgehead atoms. The van der Waals surface area contributed by atoms with Crippen molar-refractivity contribution in [1.82, 2.24) is 10.2 Å². The van der Waals surface area contributed by atoms with E-state index in [2.05, 4.69) is 10.2 Å². The van der Waals surface area contributed by atoms with Crippen LogP contribution in [-0.4, -0.2) is 10.2 Å². The van der Waals surface area contributed by atoms with E-state index in [-0.39, 0.29) is 11.6 Å². The first-order chi connectivity index (χ1) is 6.70. The third kappa shape index (κ3) is 1.68. The normalized spacial score (nSPS) is 9.71. The summed E-state index contributed by atoms with van der Waals surface area (Å²) in [5, 5.41) is 7.61. The summed E-state index contributed by atoms with van der Waals surface area (Å²) in [5.74, 6) is -0.114. The minimum absolute atomic E-state index is 0.161. The summed E-state index contributed by atoms with van der Waals surface area (Å²) in [7, 11) is 0. The highest BCUT2D eigenvalue weighted by Gasteiger charge is 2.11. The number of nitrogen functional groups attached to an aromatic ring is 1. The molecule has 2 rings (SSSR count). The van der Waals surface area contributed by atoms with E-state index < -0.39 is 0 Å². The average Bonchev–Trinajstić information content (AvgIpc) is 2.47. The number of aryl methyl sites for hydroxylation is 1. The number of anilines is 1. The highest BCUT2D eigenvalue weighted by Crippen LogP contribution is 2.30. The van der Waals surface area contributed by atoms with E-state index >= 15 is 0 Å². The largest absolute Gasteiger partial charge is 0.382 e. The molecule has 0 fully saturated rings. The zero-order valence-corrected chi connectivity index (χ0v) is 9.15. The zero-order valence-electron chi connectivity index (χ0n) is 8.34. The molecule has 0 spiro atoms. The van der Waals surface area contributed by atoms with Gasteiger partial charge in [-0.1, -0.05) is 13.8 Å². The molecule has 0 saturated carbocycles. The van der Waals surface area contributed by atoms with Crippen LogP contribution in [0.3, 0.4) is 0 Å². The van der Waals surface area contributed by atoms with Crippen molar-refractivity contribution in [3.63, 3.8) is 0 Å². The summed E-state index contributed by atoms with van der Waals surface area (Å²) in [6.45, 7) is 5.71. The molecule has 2 aromatic rings. The fourth-order valence-corrected chi connectivity index (χ4v) is 1.99. The second-order valence-electron chi connectivity index (χ2n) is 2.44. The number of hydrogen-bond acceptors (Lipinski definition) is 4. The van der Waals surface area contributed by atoms with Gasteiger partial charge in [0.2, 0.25) is 0 Å². The Morgan fingerprint density at radius 1 is 1.43 bits per heavy atom. The molecule has 5 heteroatoms. The van der Waals surface area contributed by atoms with Gasteiger partial charge >= 0.3 is 0 Å². The molecule has 2 aromatic heterocycles. The summed E-state index contributed by atoms with van der Waals surface area (Å²) in [4.78, 5) is 0.617. The lowest BCUT2D eigenvalue weighted by atomic mass is 10.3. The average molecular weight is 213 g/mol. The summed E-state index contributed by atoms with van der Waals surface area (Å²) in [6.07, 6.45) is 1.52. The van der Waals surface area contributed by atoms with Gasteiger partial charge in [-0.15, -0.1) is 16.4 Å². The van der Waals surface area contributed by atoms with Crippen LogP contribution in [0.2, 0.25) is 0 Å². The van der Waals surface area contributed by atoms with Gasteiger partial charge in [0.25, 0.3) is 0 Å². The van der Waals surface area contributed by atoms with E-state index in [4.69, 9.17) is 5.73 Å². The molecule has 76 valence electrons. The number of thiophene rings is 1. The van der Waals surface area contributed by atoms with E-state index in [1.54, 1.807) is 6.92 Å². The van der Waals surface area contributed by atoms with Crippen molar-refractivity contribution < 1.29 is 4.39 Å². The zero-order chi connectivity index (χ0) is 10.7. The molecule has 0 amide bonds. The van der Waals surface area contributed by atoms with Gasteiger partial charge in [-0.3, -0.25) is 0 Å². The standard InChI is InChI=1S/C7H6FN3S.C2H6/c1-3-6(8)5-4(12-3)2-10-11-7(5)9;1-2/h2H,1H3,(H2,9,11);1-2H3. The van der Waals surface area contributed by atoms with Crippen molar-refractivity contribution in [2.75, 3.05) is 5.73 Å². The van der Waals surface area contributed by atoms with Crippen molar-refractivity contribution in [1.29, 1.82) is 0 Å². The van der Waals surface area contributed by atoms with Gasteiger partial charge < -0.3 is 5.73 Å². The lowest BCUT2D eigenvalue weighted by Crippen LogP contribution is -1.93. The summed E-state index contributed by atoms with van der Waals surface area (Å²) in [5.41, 5.74) is 5.46. The summed E-state index contributed by atoms with van der Waals surface area (Å²) in [6, 6.07) is 0. The van der Waals surface area contributed by atoms with Gasteiger partial charge in [0.1, 0.15) is 5.82 Å². The molecule has 0 aliphatic heterocycles. The van der Waals surface area contributed by atoms with Crippen LogP contribution in [0.1, 0.15) is 18.7 Å². The number of hydrogen-bond donors (Lipinski definition) is 1. The molecule has 2 heterocycles. The van der Waals surface area contributed by atoms with Crippen LogP contribution >= 0.6 is 11.3 Å². The number of fused-ring (bicyclic) bond motifs is 1. The highest BCUT2D eigenvalue weighted by molar-refractivity contribution is 7.19. The quantitative estimate of drug-likeness (QED) is 0.732. The molecule has 0 saturated heterocycles. The van der Waals surface area contributed by atoms with Gasteiger partial charge in [-0.05, 0) is 6.92 Å². The first-order valence-electron chi connectivity index (χ1n) is 4.36. The number of rotatable bonds is 0. The Morgan fingerprint density at radius 2 is 2.07 bits per heavy atom. The topological polar surface area (TPSA) is 51.8 Å². The van der Waals surface area contributed by atoms with Gasteiger partial charge in [-0.2, -0.15) is 5.10 Å². The fraction of sp³-hybridized carbons (Fsp3) is 0.333. The molecular formula is C9H12FN3S. The first-order valence-corrected chi connectivity index (χ1v) is 5.17. The molecule has 0 radical (unpaired) electrons. The van der Waals surface area contributed by atoms with Crippen LogP contribution in [0, 0.1) is 12.7 Å². The number of halogens is 1. The third-order valence-electron chi connectivity index (χ3n) is 1.63. The second kappa shape index (κ2) is 4.32. The van der Waals surface area contributed by atoms with Crippen LogP contribution < -0.4 is 5.73 Å². The van der Waals surface area contributed by atoms with Gasteiger partial charge in [0.05, 0.1) is 16.3 Å². The molecule has 0 aliphatic rings. The predicted octanol–water partition coefficient (Wildman–Crippen LogP) is 2.75. The molecular weight excluding hydrogens is 201 g/mol. The molecule has 0 unspecified atom stereocenters. The Bertz CT molecular complexity index is 439. The van der Waals surface area contributed by atoms with E-state index in [1.807, 2.05) is 13.8 Å². The van der Waals surface area contributed by atoms with E-state index in [1.165, 1.54) is 17.5 Å². The van der Waals surface area contributed by atoms with Gasteiger partial charge in [0, 0.05) is 4.88 Å². The maximum atomic E-state index is 13.3. The van der Waals surface area contributed by atoms with Crippen LogP contribution in [0.25, 0.3) is 10.1 Å². The predicted molar refractivity (Wildman–Crippen MR) is 57.9 cm³/mol. The number of aromatic nitrogens is 2. The van der Waals surface area contributed by atoms with Crippen molar-refractivity contribution in [2.24, 2.45) is 0 Å². The molecule has 0 aliphatic carbocycles. The lowest BCUT2D eigenvalue weighted by molar-refractivity contribution is 0.636. The number of nitrogens with zero attached hydrogens (tertiary/aromatic N) is 2. The number of nitrogens with two attached hydrogens (primary N) is 1. The second-order valence-corrected chi connectivity index (χ2v) is 3.70. The fourth-order valence-electron chi connectivity index (χ4n) is 1.07. The van der Waals surface area contributed by atoms with E-state index in [9.17, 15) is 4.39 Å². The Labute approximate surface area is 85.8 Å². The Hall–Kier alpha value is -1.23. The molecule has 14 heavy (non-hydrogen) atoms. The van der Waals surface area contributed by atoms with Crippen LogP contribution in [0.15, 0.2) is 6.20 Å². The van der Waals surface area contributed by atoms with Crippen LogP contribution in [0.5, 0.6) is 0 Å². The van der Waals surface area contributed by atoms with Crippen LogP contribution in [0.4, 0.5) is 10.2 Å². The first kappa shape index (κ1) is 10.8. The van der Waals surface area contributed by atoms with Crippen molar-refractivity contribution in [3.8, 4) is 0 Å². The summed E-state index contributed by atoms with van der Waals surface area (Å²) >= 11 is 1.34. The third-order valence-corrected chi connectivity index (χ3v) is 2.65. The molecule has 0 aromatic carbocycles. The smallest absolute Gasteiger partial charge is 0.157 e. The molecule has 2 N–H and O–H groups in total. The highest BCUT2D eigenvalue weighted by atomic mass is 32.1. The molecule has 0 atom stereocenters. The Morgan fingerprint density at radius 3 is 2.64 bits per heavy atom. The van der Waals surface area contributed by atoms with E-state index in [0.717, 1.165) is 4.70 Å². The van der Waals surface area contributed by atoms with Crippen molar-refractivity contribution >= 4 is 27.2 Å². The van der Waals surface area contributed by atoms with Crippen LogP contribution in [-0.2, 0) is 0 Å². The Balaban J connectivity index is 0.000000461. The van der Waals surface area contributed by atoms with Gasteiger partial charge in [-0.25, -0.2) is 4.39 Å². The molecule has 3 nitrogen and oxygen atoms in total. The minimum atomic E-state index is -0.276. The van der Waals surface area contributed by atoms with E-state index in [0.29, 0.717) is 10.3 Å². The van der Waals surface area contributed by atoms with Crippen molar-refractivity contribution in [3.05, 3.63) is 16.9 Å². The van der Waals surface area contributed by atoms with Crippen molar-refractivity contribution in [2.45, 2.75) is 20.8 Å². The maximum Gasteiger partial charge on any atom is 0.157 e. The summed E-state index contributed by atoms with van der Waals surface area (Å²) < 4.78 is 14.0. The maximum absolute atomic E-state index is 13.3. The lowest BCUT2D eigenvalue weighted by Gasteiger charge is -1.91.